The summed E-state index contributed by atoms with van der Waals surface area (Å²) in [4.78, 5) is 11.5. The molecule has 22 heavy (non-hydrogen) atoms. The van der Waals surface area contributed by atoms with Gasteiger partial charge < -0.3 is 15.5 Å². The molecule has 1 aromatic rings. The molecule has 0 spiro atoms. The van der Waals surface area contributed by atoms with Crippen LogP contribution in [0.15, 0.2) is 6.07 Å². The van der Waals surface area contributed by atoms with Crippen LogP contribution in [0.3, 0.4) is 0 Å². The van der Waals surface area contributed by atoms with Crippen LogP contribution >= 0.6 is 12.2 Å². The van der Waals surface area contributed by atoms with E-state index in [0.717, 1.165) is 18.1 Å². The number of nitrogens with zero attached hydrogens (tertiary/aromatic N) is 3. The van der Waals surface area contributed by atoms with Gasteiger partial charge in [0.2, 0.25) is 5.95 Å². The van der Waals surface area contributed by atoms with Crippen molar-refractivity contribution in [2.45, 2.75) is 65.5 Å². The van der Waals surface area contributed by atoms with Crippen molar-refractivity contribution < 1.29 is 0 Å². The molecule has 5 nitrogen and oxygen atoms in total. The molecule has 1 aliphatic heterocycles. The molecule has 122 valence electrons. The van der Waals surface area contributed by atoms with Crippen molar-refractivity contribution in [3.63, 3.8) is 0 Å². The number of nitrogens with one attached hydrogen (secondary N) is 2. The molecule has 2 N–H and O–H groups in total. The van der Waals surface area contributed by atoms with Gasteiger partial charge >= 0.3 is 0 Å². The first-order valence-electron chi connectivity index (χ1n) is 7.96. The van der Waals surface area contributed by atoms with Crippen molar-refractivity contribution in [1.29, 1.82) is 0 Å². The average molecular weight is 321 g/mol. The fraction of sp³-hybridized carbons (Fsp3) is 0.688. The van der Waals surface area contributed by atoms with Crippen molar-refractivity contribution in [3.05, 3.63) is 11.8 Å². The lowest BCUT2D eigenvalue weighted by Crippen LogP contribution is -2.43. The normalized spacial score (nSPS) is 19.0. The number of hydrogen-bond acceptors (Lipinski definition) is 4. The second kappa shape index (κ2) is 6.77. The Morgan fingerprint density at radius 2 is 2.05 bits per heavy atom. The van der Waals surface area contributed by atoms with Gasteiger partial charge in [-0.1, -0.05) is 0 Å². The second-order valence-electron chi connectivity index (χ2n) is 7.06. The summed E-state index contributed by atoms with van der Waals surface area (Å²) in [5.41, 5.74) is 0.863. The summed E-state index contributed by atoms with van der Waals surface area (Å²) in [6, 6.07) is 2.57. The Labute approximate surface area is 138 Å². The van der Waals surface area contributed by atoms with Crippen LogP contribution in [0.5, 0.6) is 0 Å². The van der Waals surface area contributed by atoms with Crippen molar-refractivity contribution in [1.82, 2.24) is 15.3 Å². The Balaban J connectivity index is 2.14. The molecule has 0 unspecified atom stereocenters. The van der Waals surface area contributed by atoms with E-state index in [0.29, 0.717) is 17.1 Å². The van der Waals surface area contributed by atoms with E-state index in [2.05, 4.69) is 53.2 Å². The molecule has 1 aliphatic rings. The minimum absolute atomic E-state index is 0.0852. The predicted molar refractivity (Wildman–Crippen MR) is 96.5 cm³/mol. The smallest absolute Gasteiger partial charge is 0.231 e. The Morgan fingerprint density at radius 3 is 2.68 bits per heavy atom. The number of rotatable bonds is 2. The molecule has 0 bridgehead atoms. The molecule has 0 amide bonds. The Morgan fingerprint density at radius 1 is 1.32 bits per heavy atom. The molecule has 2 rings (SSSR count). The third-order valence-electron chi connectivity index (χ3n) is 3.65. The van der Waals surface area contributed by atoms with Crippen molar-refractivity contribution in [2.75, 3.05) is 16.8 Å². The number of aromatic nitrogens is 2. The fourth-order valence-electron chi connectivity index (χ4n) is 2.67. The fourth-order valence-corrected chi connectivity index (χ4v) is 3.06. The lowest BCUT2D eigenvalue weighted by atomic mass is 10.0. The van der Waals surface area contributed by atoms with Gasteiger partial charge in [-0.3, -0.25) is 0 Å². The van der Waals surface area contributed by atoms with E-state index in [-0.39, 0.29) is 5.54 Å². The maximum atomic E-state index is 5.33. The quantitative estimate of drug-likeness (QED) is 0.816. The highest BCUT2D eigenvalue weighted by atomic mass is 32.1. The number of piperidine rings is 1. The van der Waals surface area contributed by atoms with E-state index in [1.165, 1.54) is 19.3 Å². The van der Waals surface area contributed by atoms with Gasteiger partial charge in [0.1, 0.15) is 5.82 Å². The van der Waals surface area contributed by atoms with Crippen molar-refractivity contribution in [3.8, 4) is 0 Å². The van der Waals surface area contributed by atoms with Gasteiger partial charge in [-0.05, 0) is 66.1 Å². The highest BCUT2D eigenvalue weighted by Gasteiger charge is 2.21. The first kappa shape index (κ1) is 16.9. The summed E-state index contributed by atoms with van der Waals surface area (Å²) < 4.78 is 0. The average Bonchev–Trinajstić information content (AvgIpc) is 2.35. The van der Waals surface area contributed by atoms with Crippen LogP contribution < -0.4 is 15.5 Å². The van der Waals surface area contributed by atoms with Crippen LogP contribution in [0, 0.1) is 6.92 Å². The van der Waals surface area contributed by atoms with Gasteiger partial charge in [-0.15, -0.1) is 0 Å². The van der Waals surface area contributed by atoms with Crippen LogP contribution in [-0.2, 0) is 0 Å². The zero-order valence-electron chi connectivity index (χ0n) is 14.2. The lowest BCUT2D eigenvalue weighted by Gasteiger charge is -2.34. The van der Waals surface area contributed by atoms with Gasteiger partial charge in [-0.2, -0.15) is 4.98 Å². The van der Waals surface area contributed by atoms with E-state index in [9.17, 15) is 0 Å². The molecule has 0 saturated carbocycles. The van der Waals surface area contributed by atoms with Crippen LogP contribution in [-0.4, -0.2) is 33.2 Å². The minimum Gasteiger partial charge on any atom is -0.358 e. The van der Waals surface area contributed by atoms with E-state index in [1.54, 1.807) is 0 Å². The summed E-state index contributed by atoms with van der Waals surface area (Å²) in [6.07, 6.45) is 3.74. The van der Waals surface area contributed by atoms with Crippen LogP contribution in [0.25, 0.3) is 0 Å². The SMILES string of the molecule is Cc1cc(N2CCCC[C@@H]2C)nc(NC(=S)NC(C)(C)C)n1. The van der Waals surface area contributed by atoms with Gasteiger partial charge in [-0.25, -0.2) is 4.98 Å². The third kappa shape index (κ3) is 4.80. The lowest BCUT2D eigenvalue weighted by molar-refractivity contribution is 0.481. The van der Waals surface area contributed by atoms with Crippen molar-refractivity contribution in [2.24, 2.45) is 0 Å². The third-order valence-corrected chi connectivity index (χ3v) is 3.86. The maximum Gasteiger partial charge on any atom is 0.231 e. The highest BCUT2D eigenvalue weighted by Crippen LogP contribution is 2.24. The Bertz CT molecular complexity index is 538. The largest absolute Gasteiger partial charge is 0.358 e. The molecule has 1 fully saturated rings. The number of anilines is 2. The molecular weight excluding hydrogens is 294 g/mol. The predicted octanol–water partition coefficient (Wildman–Crippen LogP) is 3.25. The standard InChI is InChI=1S/C16H27N5S/c1-11-10-13(21-9-7-6-8-12(21)2)18-14(17-11)19-15(22)20-16(3,4)5/h10,12H,6-9H2,1-5H3,(H2,17,18,19,20,22)/t12-/m0/s1. The zero-order valence-corrected chi connectivity index (χ0v) is 15.0. The van der Waals surface area contributed by atoms with E-state index in [4.69, 9.17) is 12.2 Å². The number of thiocarbonyl (C=S) groups is 1. The molecule has 0 aromatic carbocycles. The van der Waals surface area contributed by atoms with Gasteiger partial charge in [0.05, 0.1) is 0 Å². The number of aryl methyl sites for hydroxylation is 1. The first-order chi connectivity index (χ1) is 10.2. The molecule has 0 radical (unpaired) electrons. The molecule has 1 saturated heterocycles. The van der Waals surface area contributed by atoms with Crippen LogP contribution in [0.1, 0.15) is 52.7 Å². The monoisotopic (exact) mass is 321 g/mol. The minimum atomic E-state index is -0.0852. The Kier molecular flexibility index (Phi) is 5.21. The zero-order chi connectivity index (χ0) is 16.3. The molecule has 6 heteroatoms. The molecule has 1 aromatic heterocycles. The number of hydrogen-bond donors (Lipinski definition) is 2. The van der Waals surface area contributed by atoms with Crippen LogP contribution in [0.2, 0.25) is 0 Å². The second-order valence-corrected chi connectivity index (χ2v) is 7.47. The van der Waals surface area contributed by atoms with E-state index in [1.807, 2.05) is 13.0 Å². The molecular formula is C16H27N5S. The molecule has 1 atom stereocenters. The molecule has 2 heterocycles. The van der Waals surface area contributed by atoms with Gasteiger partial charge in [0.25, 0.3) is 0 Å². The van der Waals surface area contributed by atoms with Gasteiger partial charge in [0.15, 0.2) is 5.11 Å². The first-order valence-corrected chi connectivity index (χ1v) is 8.37. The van der Waals surface area contributed by atoms with E-state index >= 15 is 0 Å². The summed E-state index contributed by atoms with van der Waals surface area (Å²) >= 11 is 5.33. The van der Waals surface area contributed by atoms with E-state index < -0.39 is 0 Å². The Hall–Kier alpha value is -1.43. The summed E-state index contributed by atoms with van der Waals surface area (Å²) in [7, 11) is 0. The molecule has 0 aliphatic carbocycles. The van der Waals surface area contributed by atoms with Crippen LogP contribution in [0.4, 0.5) is 11.8 Å². The maximum absolute atomic E-state index is 5.33. The summed E-state index contributed by atoms with van der Waals surface area (Å²) in [6.45, 7) is 11.5. The highest BCUT2D eigenvalue weighted by molar-refractivity contribution is 7.80. The van der Waals surface area contributed by atoms with Gasteiger partial charge in [0, 0.05) is 29.9 Å². The topological polar surface area (TPSA) is 53.1 Å². The summed E-state index contributed by atoms with van der Waals surface area (Å²) in [5.74, 6) is 1.55. The van der Waals surface area contributed by atoms with Crippen molar-refractivity contribution >= 4 is 29.1 Å². The summed E-state index contributed by atoms with van der Waals surface area (Å²) in [5, 5.41) is 6.88.